The van der Waals surface area contributed by atoms with Crippen LogP contribution in [-0.2, 0) is 4.79 Å². The first-order valence-electron chi connectivity index (χ1n) is 13.7. The van der Waals surface area contributed by atoms with E-state index in [1.165, 1.54) is 18.4 Å². The second-order valence-electron chi connectivity index (χ2n) is 10.7. The zero-order valence-corrected chi connectivity index (χ0v) is 21.5. The predicted octanol–water partition coefficient (Wildman–Crippen LogP) is 6.34. The molecule has 1 amide bonds. The van der Waals surface area contributed by atoms with Gasteiger partial charge < -0.3 is 5.32 Å². The molecule has 37 heavy (non-hydrogen) atoms. The number of pyridine rings is 1. The number of carbonyl (C=O) groups excluding carboxylic acids is 1. The number of rotatable bonds is 7. The van der Waals surface area contributed by atoms with Crippen molar-refractivity contribution in [3.63, 3.8) is 0 Å². The maximum Gasteiger partial charge on any atom is 0.232 e. The Balaban J connectivity index is 1.41. The fraction of sp³-hybridized carbons (Fsp3) is 0.333. The molecule has 4 heterocycles. The number of nitrogens with zero attached hydrogens (tertiary/aromatic N) is 2. The average Bonchev–Trinajstić information content (AvgIpc) is 2.97. The summed E-state index contributed by atoms with van der Waals surface area (Å²) in [6.45, 7) is 4.56. The van der Waals surface area contributed by atoms with Crippen molar-refractivity contribution in [1.82, 2.24) is 15.2 Å². The highest BCUT2D eigenvalue weighted by molar-refractivity contribution is 5.89. The van der Waals surface area contributed by atoms with Crippen molar-refractivity contribution in [3.05, 3.63) is 114 Å². The molecule has 0 radical (unpaired) electrons. The molecule has 0 spiro atoms. The monoisotopic (exact) mass is 489 g/mol. The van der Waals surface area contributed by atoms with Crippen LogP contribution in [0.15, 0.2) is 97.2 Å². The number of fused-ring (bicyclic) bond motifs is 4. The summed E-state index contributed by atoms with van der Waals surface area (Å²) in [7, 11) is 0. The van der Waals surface area contributed by atoms with Crippen LogP contribution in [0.2, 0.25) is 0 Å². The molecule has 3 aliphatic rings. The minimum Gasteiger partial charge on any atom is -0.347 e. The van der Waals surface area contributed by atoms with Gasteiger partial charge in [0.2, 0.25) is 5.91 Å². The molecule has 4 heteroatoms. The zero-order chi connectivity index (χ0) is 25.2. The summed E-state index contributed by atoms with van der Waals surface area (Å²) in [5, 5.41) is 4.73. The molecular formula is C33H35N3O. The minimum atomic E-state index is -0.364. The molecule has 1 aromatic heterocycles. The fourth-order valence-electron chi connectivity index (χ4n) is 6.78. The van der Waals surface area contributed by atoms with Gasteiger partial charge in [-0.1, -0.05) is 92.2 Å². The van der Waals surface area contributed by atoms with Gasteiger partial charge in [0, 0.05) is 24.2 Å². The predicted molar refractivity (Wildman–Crippen MR) is 149 cm³/mol. The lowest BCUT2D eigenvalue weighted by Crippen LogP contribution is -2.58. The first-order chi connectivity index (χ1) is 18.2. The van der Waals surface area contributed by atoms with E-state index < -0.39 is 0 Å². The number of hydrogen-bond acceptors (Lipinski definition) is 3. The maximum atomic E-state index is 14.3. The van der Waals surface area contributed by atoms with Gasteiger partial charge in [0.05, 0.1) is 17.5 Å². The molecule has 3 fully saturated rings. The minimum absolute atomic E-state index is 0.0537. The van der Waals surface area contributed by atoms with Crippen LogP contribution in [0.25, 0.3) is 10.9 Å². The summed E-state index contributed by atoms with van der Waals surface area (Å²) in [5.74, 6) is 1.18. The fourth-order valence-corrected chi connectivity index (χ4v) is 6.78. The Kier molecular flexibility index (Phi) is 6.75. The first-order valence-corrected chi connectivity index (χ1v) is 13.7. The smallest absolute Gasteiger partial charge is 0.232 e. The van der Waals surface area contributed by atoms with E-state index in [-0.39, 0.29) is 23.9 Å². The third-order valence-electron chi connectivity index (χ3n) is 8.69. The van der Waals surface area contributed by atoms with Gasteiger partial charge in [-0.2, -0.15) is 0 Å². The second kappa shape index (κ2) is 10.5. The molecule has 3 saturated heterocycles. The van der Waals surface area contributed by atoms with Crippen LogP contribution in [0.3, 0.4) is 0 Å². The number of hydrogen-bond donors (Lipinski definition) is 1. The van der Waals surface area contributed by atoms with Crippen LogP contribution < -0.4 is 5.32 Å². The average molecular weight is 490 g/mol. The molecule has 7 rings (SSSR count). The molecule has 0 saturated carbocycles. The second-order valence-corrected chi connectivity index (χ2v) is 10.7. The molecule has 2 bridgehead atoms. The van der Waals surface area contributed by atoms with Gasteiger partial charge in [0.25, 0.3) is 0 Å². The highest BCUT2D eigenvalue weighted by Gasteiger charge is 2.44. The van der Waals surface area contributed by atoms with Gasteiger partial charge in [-0.3, -0.25) is 14.7 Å². The molecule has 4 nitrogen and oxygen atoms in total. The number of aromatic nitrogens is 1. The normalized spacial score (nSPS) is 23.7. The topological polar surface area (TPSA) is 45.2 Å². The van der Waals surface area contributed by atoms with Gasteiger partial charge in [-0.25, -0.2) is 0 Å². The summed E-state index contributed by atoms with van der Waals surface area (Å²) in [6, 6.07) is 30.9. The molecule has 4 aromatic rings. The van der Waals surface area contributed by atoms with Crippen LogP contribution >= 0.6 is 0 Å². The third kappa shape index (κ3) is 4.67. The van der Waals surface area contributed by atoms with Crippen LogP contribution in [-0.4, -0.2) is 34.9 Å². The van der Waals surface area contributed by atoms with Crippen LogP contribution in [0, 0.1) is 11.8 Å². The summed E-state index contributed by atoms with van der Waals surface area (Å²) in [4.78, 5) is 21.6. The van der Waals surface area contributed by atoms with Crippen LogP contribution in [0.1, 0.15) is 54.8 Å². The summed E-state index contributed by atoms with van der Waals surface area (Å²) < 4.78 is 0. The molecule has 5 atom stereocenters. The number of benzene rings is 3. The quantitative estimate of drug-likeness (QED) is 0.329. The molecule has 1 N–H and O–H groups in total. The van der Waals surface area contributed by atoms with Gasteiger partial charge in [-0.15, -0.1) is 0 Å². The lowest BCUT2D eigenvalue weighted by Gasteiger charge is -2.52. The number of para-hydroxylation sites is 1. The Morgan fingerprint density at radius 2 is 1.62 bits per heavy atom. The third-order valence-corrected chi connectivity index (χ3v) is 8.69. The SMILES string of the molecule is CC[C@H]1CN2CC[C@@H]1C[C@@H]2[C@H](NC(=O)C(c1ccccc1)c1ccccc1)c1ccnc2ccccc12. The van der Waals surface area contributed by atoms with E-state index in [0.29, 0.717) is 0 Å². The maximum absolute atomic E-state index is 14.3. The Morgan fingerprint density at radius 1 is 0.946 bits per heavy atom. The van der Waals surface area contributed by atoms with Crippen molar-refractivity contribution < 1.29 is 4.79 Å². The summed E-state index contributed by atoms with van der Waals surface area (Å²) in [5.41, 5.74) is 4.18. The van der Waals surface area contributed by atoms with Crippen molar-refractivity contribution in [3.8, 4) is 0 Å². The lowest BCUT2D eigenvalue weighted by atomic mass is 9.72. The molecule has 1 unspecified atom stereocenters. The highest BCUT2D eigenvalue weighted by atomic mass is 16.2. The lowest BCUT2D eigenvalue weighted by molar-refractivity contribution is -0.123. The van der Waals surface area contributed by atoms with Gasteiger partial charge >= 0.3 is 0 Å². The number of amides is 1. The first kappa shape index (κ1) is 23.9. The van der Waals surface area contributed by atoms with Crippen molar-refractivity contribution in [1.29, 1.82) is 0 Å². The molecule has 188 valence electrons. The van der Waals surface area contributed by atoms with Crippen LogP contribution in [0.4, 0.5) is 0 Å². The standard InChI is InChI=1S/C33H35N3O/c1-2-23-22-36-20-18-26(23)21-30(36)32(28-17-19-34-29-16-10-9-15-27(28)29)35-33(37)31(24-11-5-3-6-12-24)25-13-7-4-8-14-25/h3-17,19,23,26,30-32H,2,18,20-22H2,1H3,(H,35,37)/t23-,26+,30+,32+/m0/s1. The van der Waals surface area contributed by atoms with Crippen molar-refractivity contribution >= 4 is 16.8 Å². The van der Waals surface area contributed by atoms with Crippen molar-refractivity contribution in [2.24, 2.45) is 11.8 Å². The number of piperidine rings is 3. The van der Waals surface area contributed by atoms with E-state index >= 15 is 0 Å². The van der Waals surface area contributed by atoms with E-state index in [9.17, 15) is 4.79 Å². The van der Waals surface area contributed by atoms with E-state index in [2.05, 4.69) is 70.7 Å². The Bertz CT molecular complexity index is 1310. The summed E-state index contributed by atoms with van der Waals surface area (Å²) in [6.07, 6.45) is 5.52. The van der Waals surface area contributed by atoms with Crippen molar-refractivity contribution in [2.45, 2.75) is 44.2 Å². The Morgan fingerprint density at radius 3 is 2.27 bits per heavy atom. The Labute approximate surface area is 219 Å². The van der Waals surface area contributed by atoms with E-state index in [0.717, 1.165) is 53.4 Å². The Hall–Kier alpha value is -3.50. The van der Waals surface area contributed by atoms with Crippen LogP contribution in [0.5, 0.6) is 0 Å². The molecular weight excluding hydrogens is 454 g/mol. The molecule has 3 aliphatic heterocycles. The number of nitrogens with one attached hydrogen (secondary N) is 1. The largest absolute Gasteiger partial charge is 0.347 e. The van der Waals surface area contributed by atoms with E-state index in [1.807, 2.05) is 48.7 Å². The highest BCUT2D eigenvalue weighted by Crippen LogP contribution is 2.43. The van der Waals surface area contributed by atoms with Gasteiger partial charge in [0.1, 0.15) is 0 Å². The zero-order valence-electron chi connectivity index (χ0n) is 21.5. The van der Waals surface area contributed by atoms with E-state index in [4.69, 9.17) is 0 Å². The van der Waals surface area contributed by atoms with E-state index in [1.54, 1.807) is 0 Å². The van der Waals surface area contributed by atoms with Gasteiger partial charge in [-0.05, 0) is 60.0 Å². The van der Waals surface area contributed by atoms with Crippen molar-refractivity contribution in [2.75, 3.05) is 13.1 Å². The molecule has 0 aliphatic carbocycles. The van der Waals surface area contributed by atoms with Gasteiger partial charge in [0.15, 0.2) is 0 Å². The summed E-state index contributed by atoms with van der Waals surface area (Å²) >= 11 is 0. The number of carbonyl (C=O) groups is 1. The molecule has 3 aromatic carbocycles.